The van der Waals surface area contributed by atoms with Gasteiger partial charge in [-0.25, -0.2) is 4.39 Å². The first-order valence-electron chi connectivity index (χ1n) is 8.30. The number of halogens is 4. The van der Waals surface area contributed by atoms with Crippen molar-refractivity contribution in [3.63, 3.8) is 0 Å². The van der Waals surface area contributed by atoms with E-state index >= 15 is 0 Å². The summed E-state index contributed by atoms with van der Waals surface area (Å²) in [6, 6.07) is 2.84. The molecule has 0 aliphatic heterocycles. The summed E-state index contributed by atoms with van der Waals surface area (Å²) >= 11 is 0. The Balaban J connectivity index is 3.61. The molecule has 154 valence electrons. The smallest absolute Gasteiger partial charge is 0.421 e. The van der Waals surface area contributed by atoms with Crippen LogP contribution >= 0.6 is 0 Å². The molecule has 0 aromatic heterocycles. The average molecular weight is 409 g/mol. The molecule has 1 unspecified atom stereocenters. The fraction of sp³-hybridized carbons (Fsp3) is 0.611. The molecule has 9 heteroatoms. The Morgan fingerprint density at radius 3 is 2.07 bits per heavy atom. The van der Waals surface area contributed by atoms with E-state index in [0.717, 1.165) is 0 Å². The van der Waals surface area contributed by atoms with E-state index < -0.39 is 43.7 Å². The first-order chi connectivity index (χ1) is 12.0. The number of carboxylic acid groups (broad SMARTS) is 1. The van der Waals surface area contributed by atoms with Gasteiger partial charge >= 0.3 is 6.18 Å². The van der Waals surface area contributed by atoms with Crippen LogP contribution in [0.15, 0.2) is 12.1 Å². The molecule has 0 radical (unpaired) electrons. The summed E-state index contributed by atoms with van der Waals surface area (Å²) < 4.78 is 66.3. The molecule has 0 saturated heterocycles. The normalized spacial score (nSPS) is 15.4. The molecule has 0 N–H and O–H groups in total. The number of hydrogen-bond donors (Lipinski definition) is 0. The van der Waals surface area contributed by atoms with Crippen molar-refractivity contribution < 1.29 is 36.6 Å². The summed E-state index contributed by atoms with van der Waals surface area (Å²) in [7, 11) is -1.75. The molecule has 0 bridgehead atoms. The molecular formula is C18H25F4O4Si-. The predicted molar refractivity (Wildman–Crippen MR) is 93.6 cm³/mol. The zero-order valence-electron chi connectivity index (χ0n) is 16.5. The van der Waals surface area contributed by atoms with Crippen molar-refractivity contribution in [2.45, 2.75) is 64.0 Å². The highest BCUT2D eigenvalue weighted by Crippen LogP contribution is 2.47. The number of aryl methyl sites for hydroxylation is 1. The van der Waals surface area contributed by atoms with E-state index in [1.54, 1.807) is 0 Å². The lowest BCUT2D eigenvalue weighted by atomic mass is 9.74. The van der Waals surface area contributed by atoms with Gasteiger partial charge in [0.15, 0.2) is 25.5 Å². The Bertz CT molecular complexity index is 711. The number of ether oxygens (including phenoxy) is 1. The number of carboxylic acids is 1. The lowest BCUT2D eigenvalue weighted by molar-refractivity contribution is -0.353. The van der Waals surface area contributed by atoms with Gasteiger partial charge in [0.1, 0.15) is 0 Å². The van der Waals surface area contributed by atoms with Gasteiger partial charge in [-0.15, -0.1) is 0 Å². The highest BCUT2D eigenvalue weighted by atomic mass is 28.4. The lowest BCUT2D eigenvalue weighted by Crippen LogP contribution is -2.65. The minimum absolute atomic E-state index is 0.113. The van der Waals surface area contributed by atoms with Crippen molar-refractivity contribution in [3.05, 3.63) is 29.1 Å². The van der Waals surface area contributed by atoms with Crippen LogP contribution in [-0.4, -0.2) is 33.2 Å². The van der Waals surface area contributed by atoms with Gasteiger partial charge in [0, 0.05) is 5.56 Å². The van der Waals surface area contributed by atoms with Crippen LogP contribution in [0.4, 0.5) is 17.6 Å². The number of methoxy groups -OCH3 is 1. The van der Waals surface area contributed by atoms with Crippen molar-refractivity contribution >= 4 is 14.3 Å². The highest BCUT2D eigenvalue weighted by Gasteiger charge is 2.61. The summed E-state index contributed by atoms with van der Waals surface area (Å²) in [4.78, 5) is 11.7. The van der Waals surface area contributed by atoms with Crippen LogP contribution < -0.4 is 9.84 Å². The molecule has 0 spiro atoms. The molecule has 0 heterocycles. The SMILES string of the molecule is COc1c(C(C)(C)CC(O[Si](C)(C)C)(C(=O)[O-])C(F)(F)F)ccc(C)c1F. The summed E-state index contributed by atoms with van der Waals surface area (Å²) in [5.41, 5.74) is -4.60. The topological polar surface area (TPSA) is 58.6 Å². The molecule has 0 amide bonds. The van der Waals surface area contributed by atoms with E-state index in [-0.39, 0.29) is 16.9 Å². The van der Waals surface area contributed by atoms with E-state index in [9.17, 15) is 27.5 Å². The molecule has 1 aromatic rings. The Morgan fingerprint density at radius 2 is 1.70 bits per heavy atom. The number of benzene rings is 1. The summed E-state index contributed by atoms with van der Waals surface area (Å²) in [5.74, 6) is -3.29. The van der Waals surface area contributed by atoms with Crippen LogP contribution in [0.2, 0.25) is 19.6 Å². The van der Waals surface area contributed by atoms with Crippen molar-refractivity contribution in [2.24, 2.45) is 0 Å². The fourth-order valence-electron chi connectivity index (χ4n) is 3.05. The van der Waals surface area contributed by atoms with Crippen molar-refractivity contribution in [1.29, 1.82) is 0 Å². The van der Waals surface area contributed by atoms with E-state index in [2.05, 4.69) is 0 Å². The van der Waals surface area contributed by atoms with E-state index in [0.29, 0.717) is 0 Å². The van der Waals surface area contributed by atoms with Gasteiger partial charge in [-0.2, -0.15) is 13.2 Å². The quantitative estimate of drug-likeness (QED) is 0.509. The molecular weight excluding hydrogens is 384 g/mol. The third-order valence-corrected chi connectivity index (χ3v) is 5.14. The number of rotatable bonds is 7. The van der Waals surface area contributed by atoms with Crippen LogP contribution in [0.25, 0.3) is 0 Å². The third-order valence-electron chi connectivity index (χ3n) is 4.18. The fourth-order valence-corrected chi connectivity index (χ4v) is 4.37. The zero-order valence-corrected chi connectivity index (χ0v) is 17.5. The van der Waals surface area contributed by atoms with Gasteiger partial charge in [-0.1, -0.05) is 26.0 Å². The largest absolute Gasteiger partial charge is 0.547 e. The minimum Gasteiger partial charge on any atom is -0.547 e. The van der Waals surface area contributed by atoms with Gasteiger partial charge in [0.25, 0.3) is 0 Å². The second-order valence-electron chi connectivity index (χ2n) is 8.16. The Labute approximate surface area is 157 Å². The molecule has 27 heavy (non-hydrogen) atoms. The molecule has 1 rings (SSSR count). The van der Waals surface area contributed by atoms with Crippen LogP contribution in [0.3, 0.4) is 0 Å². The van der Waals surface area contributed by atoms with Crippen LogP contribution in [0.5, 0.6) is 5.75 Å². The maximum absolute atomic E-state index is 14.4. The maximum atomic E-state index is 14.4. The van der Waals surface area contributed by atoms with Crippen molar-refractivity contribution in [2.75, 3.05) is 7.11 Å². The number of aliphatic carboxylic acids is 1. The maximum Gasteiger partial charge on any atom is 0.421 e. The van der Waals surface area contributed by atoms with E-state index in [1.807, 2.05) is 0 Å². The molecule has 0 fully saturated rings. The molecule has 0 aliphatic rings. The Kier molecular flexibility index (Phi) is 6.44. The zero-order chi connectivity index (χ0) is 21.4. The second kappa shape index (κ2) is 7.42. The highest BCUT2D eigenvalue weighted by molar-refractivity contribution is 6.70. The summed E-state index contributed by atoms with van der Waals surface area (Å²) in [5, 5.41) is 11.7. The van der Waals surface area contributed by atoms with Crippen LogP contribution in [0, 0.1) is 12.7 Å². The number of carbonyl (C=O) groups excluding carboxylic acids is 1. The number of alkyl halides is 3. The minimum atomic E-state index is -5.22. The van der Waals surface area contributed by atoms with Gasteiger partial charge in [0.2, 0.25) is 0 Å². The molecule has 1 atom stereocenters. The predicted octanol–water partition coefficient (Wildman–Crippen LogP) is 3.71. The number of carbonyl (C=O) groups is 1. The van der Waals surface area contributed by atoms with Gasteiger partial charge in [-0.05, 0) is 44.0 Å². The molecule has 0 saturated carbocycles. The van der Waals surface area contributed by atoms with Gasteiger partial charge < -0.3 is 19.1 Å². The second-order valence-corrected chi connectivity index (χ2v) is 12.6. The summed E-state index contributed by atoms with van der Waals surface area (Å²) in [6.07, 6.45) is -6.21. The van der Waals surface area contributed by atoms with Crippen LogP contribution in [-0.2, 0) is 14.6 Å². The first kappa shape index (κ1) is 23.4. The third kappa shape index (κ3) is 4.81. The Morgan fingerprint density at radius 1 is 1.19 bits per heavy atom. The van der Waals surface area contributed by atoms with E-state index in [1.165, 1.54) is 59.7 Å². The van der Waals surface area contributed by atoms with E-state index in [4.69, 9.17) is 9.16 Å². The Hall–Kier alpha value is -1.61. The molecule has 4 nitrogen and oxygen atoms in total. The standard InChI is InChI=1S/C18H26F4O4Si/c1-11-8-9-12(14(25-4)13(11)19)16(2,3)10-17(15(23)24,18(20,21)22)26-27(5,6)7/h8-9H,10H2,1-7H3,(H,23,24)/p-1. The van der Waals surface area contributed by atoms with Gasteiger partial charge in [-0.3, -0.25) is 0 Å². The van der Waals surface area contributed by atoms with Gasteiger partial charge in [0.05, 0.1) is 13.1 Å². The number of hydrogen-bond acceptors (Lipinski definition) is 4. The summed E-state index contributed by atoms with van der Waals surface area (Å²) in [6.45, 7) is 8.62. The monoisotopic (exact) mass is 409 g/mol. The lowest BCUT2D eigenvalue weighted by Gasteiger charge is -2.45. The average Bonchev–Trinajstić information content (AvgIpc) is 2.45. The first-order valence-corrected chi connectivity index (χ1v) is 11.7. The molecule has 1 aromatic carbocycles. The van der Waals surface area contributed by atoms with Crippen molar-refractivity contribution in [1.82, 2.24) is 0 Å². The molecule has 0 aliphatic carbocycles. The van der Waals surface area contributed by atoms with Crippen molar-refractivity contribution in [3.8, 4) is 5.75 Å². The van der Waals surface area contributed by atoms with Crippen LogP contribution in [0.1, 0.15) is 31.4 Å².